The van der Waals surface area contributed by atoms with Crippen molar-refractivity contribution in [3.8, 4) is 23.0 Å². The predicted octanol–water partition coefficient (Wildman–Crippen LogP) is 5.76. The van der Waals surface area contributed by atoms with Gasteiger partial charge in [0, 0.05) is 0 Å². The summed E-state index contributed by atoms with van der Waals surface area (Å²) in [4.78, 5) is 0. The molecule has 5 nitrogen and oxygen atoms in total. The maximum absolute atomic E-state index is 10.8. The maximum atomic E-state index is 10.8. The lowest BCUT2D eigenvalue weighted by atomic mass is 10.0. The molecule has 0 amide bonds. The minimum atomic E-state index is -1.93. The van der Waals surface area contributed by atoms with Gasteiger partial charge in [-0.2, -0.15) is 0 Å². The second kappa shape index (κ2) is 9.75. The van der Waals surface area contributed by atoms with Gasteiger partial charge < -0.3 is 23.7 Å². The third kappa shape index (κ3) is 5.70. The topological polar surface area (TPSA) is 57.2 Å². The highest BCUT2D eigenvalue weighted by Crippen LogP contribution is 2.39. The lowest BCUT2D eigenvalue weighted by Crippen LogP contribution is -2.43. The molecule has 6 heteroatoms. The Morgan fingerprint density at radius 3 is 2.03 bits per heavy atom. The van der Waals surface area contributed by atoms with Crippen LogP contribution in [-0.4, -0.2) is 34.8 Å². The number of hydrogen-bond donors (Lipinski definition) is 1. The Balaban J connectivity index is 2.13. The van der Waals surface area contributed by atoms with Crippen molar-refractivity contribution in [2.24, 2.45) is 0 Å². The summed E-state index contributed by atoms with van der Waals surface area (Å²) in [6.07, 6.45) is 0.653. The average molecular weight is 433 g/mol. The van der Waals surface area contributed by atoms with Crippen LogP contribution in [0.3, 0.4) is 0 Å². The van der Waals surface area contributed by atoms with E-state index in [0.29, 0.717) is 30.1 Å². The van der Waals surface area contributed by atoms with E-state index in [2.05, 4.69) is 33.9 Å². The van der Waals surface area contributed by atoms with E-state index in [1.165, 1.54) is 0 Å². The molecule has 0 aliphatic carbocycles. The van der Waals surface area contributed by atoms with Crippen LogP contribution in [0, 0.1) is 0 Å². The normalized spacial score (nSPS) is 13.0. The van der Waals surface area contributed by atoms with Crippen LogP contribution in [0.2, 0.25) is 18.1 Å². The summed E-state index contributed by atoms with van der Waals surface area (Å²) in [6, 6.07) is 11.7. The SMILES string of the molecule is COc1cc(CC[C@@H](O)c2cccc(O[Si](C)(C)C(C)(C)C)c2)cc(OC)c1OC. The Kier molecular flexibility index (Phi) is 7.83. The van der Waals surface area contributed by atoms with E-state index in [1.807, 2.05) is 36.4 Å². The fourth-order valence-corrected chi connectivity index (χ4v) is 4.01. The first-order valence-electron chi connectivity index (χ1n) is 10.3. The van der Waals surface area contributed by atoms with E-state index in [0.717, 1.165) is 16.9 Å². The first-order valence-corrected chi connectivity index (χ1v) is 13.2. The highest BCUT2D eigenvalue weighted by molar-refractivity contribution is 6.74. The molecule has 30 heavy (non-hydrogen) atoms. The van der Waals surface area contributed by atoms with Gasteiger partial charge in [-0.1, -0.05) is 32.9 Å². The lowest BCUT2D eigenvalue weighted by molar-refractivity contribution is 0.167. The molecule has 0 unspecified atom stereocenters. The Labute approximate surface area is 182 Å². The zero-order valence-corrected chi connectivity index (χ0v) is 20.5. The van der Waals surface area contributed by atoms with E-state index in [-0.39, 0.29) is 5.04 Å². The average Bonchev–Trinajstić information content (AvgIpc) is 2.70. The number of aryl methyl sites for hydroxylation is 1. The molecule has 2 aromatic rings. The summed E-state index contributed by atoms with van der Waals surface area (Å²) in [6.45, 7) is 11.1. The Bertz CT molecular complexity index is 817. The van der Waals surface area contributed by atoms with Gasteiger partial charge in [0.1, 0.15) is 5.75 Å². The van der Waals surface area contributed by atoms with Gasteiger partial charge in [-0.25, -0.2) is 0 Å². The molecule has 2 rings (SSSR count). The van der Waals surface area contributed by atoms with Gasteiger partial charge in [-0.3, -0.25) is 0 Å². The molecular weight excluding hydrogens is 396 g/mol. The van der Waals surface area contributed by atoms with Crippen LogP contribution in [0.1, 0.15) is 44.4 Å². The minimum Gasteiger partial charge on any atom is -0.543 e. The van der Waals surface area contributed by atoms with E-state index >= 15 is 0 Å². The van der Waals surface area contributed by atoms with Gasteiger partial charge in [0.2, 0.25) is 14.1 Å². The van der Waals surface area contributed by atoms with E-state index < -0.39 is 14.4 Å². The Morgan fingerprint density at radius 2 is 1.53 bits per heavy atom. The largest absolute Gasteiger partial charge is 0.543 e. The van der Waals surface area contributed by atoms with Gasteiger partial charge >= 0.3 is 0 Å². The molecule has 0 heterocycles. The number of hydrogen-bond acceptors (Lipinski definition) is 5. The highest BCUT2D eigenvalue weighted by Gasteiger charge is 2.39. The fraction of sp³-hybridized carbons (Fsp3) is 0.500. The Hall–Kier alpha value is -2.18. The van der Waals surface area contributed by atoms with Crippen LogP contribution in [0.4, 0.5) is 0 Å². The van der Waals surface area contributed by atoms with Gasteiger partial charge in [0.25, 0.3) is 0 Å². The van der Waals surface area contributed by atoms with Crippen molar-refractivity contribution in [3.05, 3.63) is 47.5 Å². The highest BCUT2D eigenvalue weighted by atomic mass is 28.4. The molecule has 0 radical (unpaired) electrons. The first-order chi connectivity index (χ1) is 14.0. The zero-order chi connectivity index (χ0) is 22.5. The van der Waals surface area contributed by atoms with Gasteiger partial charge in [-0.05, 0) is 66.4 Å². The van der Waals surface area contributed by atoms with Crippen LogP contribution >= 0.6 is 0 Å². The van der Waals surface area contributed by atoms with Crippen LogP contribution in [0.15, 0.2) is 36.4 Å². The van der Waals surface area contributed by atoms with Gasteiger partial charge in [0.05, 0.1) is 27.4 Å². The second-order valence-corrected chi connectivity index (χ2v) is 13.7. The number of aliphatic hydroxyl groups is 1. The summed E-state index contributed by atoms with van der Waals surface area (Å²) in [5.74, 6) is 2.63. The number of rotatable bonds is 9. The lowest BCUT2D eigenvalue weighted by Gasteiger charge is -2.36. The van der Waals surface area contributed by atoms with E-state index in [9.17, 15) is 5.11 Å². The summed E-state index contributed by atoms with van der Waals surface area (Å²) in [5, 5.41) is 10.9. The molecule has 0 saturated heterocycles. The van der Waals surface area contributed by atoms with Crippen LogP contribution in [0.5, 0.6) is 23.0 Å². The molecule has 2 aromatic carbocycles. The van der Waals surface area contributed by atoms with Crippen LogP contribution in [0.25, 0.3) is 0 Å². The number of methoxy groups -OCH3 is 3. The van der Waals surface area contributed by atoms with Crippen molar-refractivity contribution in [2.45, 2.75) is 57.8 Å². The van der Waals surface area contributed by atoms with Crippen molar-refractivity contribution in [1.29, 1.82) is 0 Å². The van der Waals surface area contributed by atoms with Crippen molar-refractivity contribution in [3.63, 3.8) is 0 Å². The zero-order valence-electron chi connectivity index (χ0n) is 19.5. The van der Waals surface area contributed by atoms with Crippen molar-refractivity contribution < 1.29 is 23.7 Å². The van der Waals surface area contributed by atoms with Crippen molar-refractivity contribution in [1.82, 2.24) is 0 Å². The quantitative estimate of drug-likeness (QED) is 0.510. The third-order valence-corrected chi connectivity index (χ3v) is 10.2. The standard InChI is InChI=1S/C24H36O5Si/c1-24(2,3)30(7,8)29-19-11-9-10-18(16-19)20(25)13-12-17-14-21(26-4)23(28-6)22(15-17)27-5/h9-11,14-16,20,25H,12-13H2,1-8H3/t20-/m1/s1. The summed E-state index contributed by atoms with van der Waals surface area (Å²) in [7, 11) is 2.86. The summed E-state index contributed by atoms with van der Waals surface area (Å²) in [5.41, 5.74) is 1.87. The maximum Gasteiger partial charge on any atom is 0.250 e. The van der Waals surface area contributed by atoms with E-state index in [1.54, 1.807) is 21.3 Å². The molecule has 0 saturated carbocycles. The molecule has 0 aliphatic rings. The molecule has 1 N–H and O–H groups in total. The number of ether oxygens (including phenoxy) is 3. The van der Waals surface area contributed by atoms with Crippen molar-refractivity contribution >= 4 is 8.32 Å². The molecule has 0 aromatic heterocycles. The van der Waals surface area contributed by atoms with Gasteiger partial charge in [0.15, 0.2) is 11.5 Å². The van der Waals surface area contributed by atoms with Crippen LogP contribution in [-0.2, 0) is 6.42 Å². The smallest absolute Gasteiger partial charge is 0.250 e. The molecule has 0 spiro atoms. The Morgan fingerprint density at radius 1 is 0.933 bits per heavy atom. The molecule has 0 fully saturated rings. The number of benzene rings is 2. The first kappa shape index (κ1) is 24.1. The molecule has 1 atom stereocenters. The monoisotopic (exact) mass is 432 g/mol. The summed E-state index contributed by atoms with van der Waals surface area (Å²) < 4.78 is 22.6. The molecular formula is C24H36O5Si. The molecule has 0 aliphatic heterocycles. The van der Waals surface area contributed by atoms with Gasteiger partial charge in [-0.15, -0.1) is 0 Å². The van der Waals surface area contributed by atoms with Crippen molar-refractivity contribution in [2.75, 3.05) is 21.3 Å². The van der Waals surface area contributed by atoms with E-state index in [4.69, 9.17) is 18.6 Å². The van der Waals surface area contributed by atoms with Crippen LogP contribution < -0.4 is 18.6 Å². The second-order valence-electron chi connectivity index (χ2n) is 9.02. The minimum absolute atomic E-state index is 0.119. The molecule has 0 bridgehead atoms. The fourth-order valence-electron chi connectivity index (χ4n) is 2.98. The summed E-state index contributed by atoms with van der Waals surface area (Å²) >= 11 is 0. The third-order valence-electron chi connectivity index (χ3n) is 5.85. The predicted molar refractivity (Wildman–Crippen MR) is 124 cm³/mol. The number of aliphatic hydroxyl groups excluding tert-OH is 1. The molecule has 166 valence electrons.